The molecule has 2 saturated heterocycles. The summed E-state index contributed by atoms with van der Waals surface area (Å²) < 4.78 is 16.4. The minimum absolute atomic E-state index is 0.0308. The molecule has 0 saturated carbocycles. The standard InChI is InChI=1S/C26H30ClFN4O/c1-18(19-5-4-10-29-16-19)32-17-22(21-9-8-20(27)15-25(21)32)26(33)31-13-11-30(12-14-31)24-7-3-2-6-23(24)28/h2-3,6-9,15,17-19,29H,4-5,10-14,16H2,1H3/t18-,19?/m0/s1. The normalized spacial score (nSPS) is 20.3. The fourth-order valence-electron chi connectivity index (χ4n) is 5.28. The molecule has 0 spiro atoms. The molecule has 33 heavy (non-hydrogen) atoms. The van der Waals surface area contributed by atoms with Crippen LogP contribution in [0.2, 0.25) is 5.02 Å². The van der Waals surface area contributed by atoms with E-state index in [9.17, 15) is 9.18 Å². The molecule has 2 atom stereocenters. The number of rotatable bonds is 4. The van der Waals surface area contributed by atoms with Crippen LogP contribution in [0.1, 0.15) is 36.2 Å². The quantitative estimate of drug-likeness (QED) is 0.588. The van der Waals surface area contributed by atoms with Gasteiger partial charge in [0.05, 0.1) is 16.8 Å². The Morgan fingerprint density at radius 1 is 1.15 bits per heavy atom. The lowest BCUT2D eigenvalue weighted by Gasteiger charge is -2.36. The third kappa shape index (κ3) is 4.34. The van der Waals surface area contributed by atoms with Crippen molar-refractivity contribution in [3.63, 3.8) is 0 Å². The number of nitrogens with one attached hydrogen (secondary N) is 1. The van der Waals surface area contributed by atoms with Gasteiger partial charge in [0.2, 0.25) is 0 Å². The van der Waals surface area contributed by atoms with E-state index in [0.29, 0.717) is 42.8 Å². The van der Waals surface area contributed by atoms with Gasteiger partial charge in [0.25, 0.3) is 5.91 Å². The number of benzene rings is 2. The lowest BCUT2D eigenvalue weighted by Crippen LogP contribution is -2.49. The summed E-state index contributed by atoms with van der Waals surface area (Å²) in [5, 5.41) is 5.12. The van der Waals surface area contributed by atoms with Crippen molar-refractivity contribution < 1.29 is 9.18 Å². The lowest BCUT2D eigenvalue weighted by atomic mass is 9.92. The Labute approximate surface area is 199 Å². The zero-order valence-electron chi connectivity index (χ0n) is 18.9. The predicted octanol–water partition coefficient (Wildman–Crippen LogP) is 4.96. The number of hydrogen-bond donors (Lipinski definition) is 1. The Kier molecular flexibility index (Phi) is 6.30. The van der Waals surface area contributed by atoms with Gasteiger partial charge in [-0.1, -0.05) is 29.8 Å². The average Bonchev–Trinajstić information content (AvgIpc) is 3.22. The summed E-state index contributed by atoms with van der Waals surface area (Å²) in [6.07, 6.45) is 4.37. The van der Waals surface area contributed by atoms with Gasteiger partial charge in [-0.3, -0.25) is 4.79 Å². The third-order valence-corrected chi connectivity index (χ3v) is 7.48. The first-order valence-electron chi connectivity index (χ1n) is 11.8. The minimum atomic E-state index is -0.219. The number of piperidine rings is 1. The van der Waals surface area contributed by atoms with Crippen molar-refractivity contribution >= 4 is 34.1 Å². The molecular formula is C26H30ClFN4O. The molecule has 1 N–H and O–H groups in total. The van der Waals surface area contributed by atoms with Crippen LogP contribution in [0.15, 0.2) is 48.7 Å². The maximum atomic E-state index is 14.2. The summed E-state index contributed by atoms with van der Waals surface area (Å²) in [6.45, 7) is 6.65. The topological polar surface area (TPSA) is 40.5 Å². The first-order valence-corrected chi connectivity index (χ1v) is 12.2. The van der Waals surface area contributed by atoms with E-state index >= 15 is 0 Å². The number of anilines is 1. The monoisotopic (exact) mass is 468 g/mol. The molecule has 5 nitrogen and oxygen atoms in total. The number of carbonyl (C=O) groups is 1. The van der Waals surface area contributed by atoms with Gasteiger partial charge in [-0.2, -0.15) is 0 Å². The Hall–Kier alpha value is -2.57. The third-order valence-electron chi connectivity index (χ3n) is 7.24. The van der Waals surface area contributed by atoms with Crippen LogP contribution in [-0.2, 0) is 0 Å². The van der Waals surface area contributed by atoms with Crippen LogP contribution >= 0.6 is 11.6 Å². The van der Waals surface area contributed by atoms with Gasteiger partial charge < -0.3 is 19.7 Å². The number of carbonyl (C=O) groups excluding carboxylic acids is 1. The summed E-state index contributed by atoms with van der Waals surface area (Å²) in [6, 6.07) is 12.9. The molecule has 174 valence electrons. The second-order valence-corrected chi connectivity index (χ2v) is 9.63. The SMILES string of the molecule is C[C@@H](C1CCCNC1)n1cc(C(=O)N2CCN(c3ccccc3F)CC2)c2ccc(Cl)cc21. The molecule has 0 radical (unpaired) electrons. The maximum absolute atomic E-state index is 14.2. The molecule has 7 heteroatoms. The van der Waals surface area contributed by atoms with E-state index in [-0.39, 0.29) is 17.8 Å². The number of hydrogen-bond acceptors (Lipinski definition) is 3. The summed E-state index contributed by atoms with van der Waals surface area (Å²) in [5.74, 6) is 0.326. The zero-order valence-corrected chi connectivity index (χ0v) is 19.7. The first kappa shape index (κ1) is 22.2. The predicted molar refractivity (Wildman–Crippen MR) is 132 cm³/mol. The Balaban J connectivity index is 1.39. The van der Waals surface area contributed by atoms with Crippen molar-refractivity contribution in [2.75, 3.05) is 44.2 Å². The molecule has 2 fully saturated rings. The first-order chi connectivity index (χ1) is 16.0. The van der Waals surface area contributed by atoms with Gasteiger partial charge in [0.1, 0.15) is 5.82 Å². The highest BCUT2D eigenvalue weighted by atomic mass is 35.5. The number of piperazine rings is 1. The summed E-state index contributed by atoms with van der Waals surface area (Å²) >= 11 is 6.35. The van der Waals surface area contributed by atoms with Crippen molar-refractivity contribution in [1.82, 2.24) is 14.8 Å². The van der Waals surface area contributed by atoms with Crippen molar-refractivity contribution in [2.45, 2.75) is 25.8 Å². The number of halogens is 2. The summed E-state index contributed by atoms with van der Waals surface area (Å²) in [4.78, 5) is 17.5. The van der Waals surface area contributed by atoms with Gasteiger partial charge in [0.15, 0.2) is 0 Å². The average molecular weight is 469 g/mol. The largest absolute Gasteiger partial charge is 0.366 e. The molecule has 1 aromatic heterocycles. The van der Waals surface area contributed by atoms with E-state index in [0.717, 1.165) is 29.6 Å². The Morgan fingerprint density at radius 3 is 2.67 bits per heavy atom. The minimum Gasteiger partial charge on any atom is -0.366 e. The van der Waals surface area contributed by atoms with Crippen LogP contribution in [0.5, 0.6) is 0 Å². The van der Waals surface area contributed by atoms with Crippen molar-refractivity contribution in [3.8, 4) is 0 Å². The second-order valence-electron chi connectivity index (χ2n) is 9.19. The highest BCUT2D eigenvalue weighted by Crippen LogP contribution is 2.33. The van der Waals surface area contributed by atoms with Crippen molar-refractivity contribution in [3.05, 3.63) is 65.1 Å². The van der Waals surface area contributed by atoms with E-state index < -0.39 is 0 Å². The number of fused-ring (bicyclic) bond motifs is 1. The van der Waals surface area contributed by atoms with Gasteiger partial charge >= 0.3 is 0 Å². The Morgan fingerprint density at radius 2 is 1.94 bits per heavy atom. The van der Waals surface area contributed by atoms with E-state index in [2.05, 4.69) is 16.8 Å². The highest BCUT2D eigenvalue weighted by molar-refractivity contribution is 6.31. The molecule has 0 aliphatic carbocycles. The van der Waals surface area contributed by atoms with Crippen LogP contribution < -0.4 is 10.2 Å². The van der Waals surface area contributed by atoms with Crippen molar-refractivity contribution in [2.24, 2.45) is 5.92 Å². The molecule has 2 aliphatic rings. The highest BCUT2D eigenvalue weighted by Gasteiger charge is 2.28. The van der Waals surface area contributed by atoms with Gasteiger partial charge in [-0.05, 0) is 63.0 Å². The smallest absolute Gasteiger partial charge is 0.256 e. The van der Waals surface area contributed by atoms with Crippen LogP contribution in [0.4, 0.5) is 10.1 Å². The molecule has 2 aromatic carbocycles. The van der Waals surface area contributed by atoms with Gasteiger partial charge in [-0.15, -0.1) is 0 Å². The molecule has 0 bridgehead atoms. The van der Waals surface area contributed by atoms with E-state index in [1.807, 2.05) is 40.3 Å². The molecule has 3 aromatic rings. The second kappa shape index (κ2) is 9.35. The molecule has 2 aliphatic heterocycles. The number of para-hydroxylation sites is 1. The van der Waals surface area contributed by atoms with E-state index in [1.54, 1.807) is 12.1 Å². The van der Waals surface area contributed by atoms with Crippen molar-refractivity contribution in [1.29, 1.82) is 0 Å². The van der Waals surface area contributed by atoms with Crippen LogP contribution in [0.25, 0.3) is 10.9 Å². The van der Waals surface area contributed by atoms with Crippen LogP contribution in [-0.4, -0.2) is 54.6 Å². The molecule has 5 rings (SSSR count). The number of nitrogens with zero attached hydrogens (tertiary/aromatic N) is 3. The van der Waals surface area contributed by atoms with Crippen LogP contribution in [0.3, 0.4) is 0 Å². The molecule has 1 unspecified atom stereocenters. The summed E-state index contributed by atoms with van der Waals surface area (Å²) in [5.41, 5.74) is 2.33. The maximum Gasteiger partial charge on any atom is 0.256 e. The van der Waals surface area contributed by atoms with Gasteiger partial charge in [-0.25, -0.2) is 4.39 Å². The number of amides is 1. The van der Waals surface area contributed by atoms with Gasteiger partial charge in [0, 0.05) is 48.8 Å². The molecule has 1 amide bonds. The summed E-state index contributed by atoms with van der Waals surface area (Å²) in [7, 11) is 0. The molecule has 3 heterocycles. The lowest BCUT2D eigenvalue weighted by molar-refractivity contribution is 0.0748. The van der Waals surface area contributed by atoms with E-state index in [1.165, 1.54) is 18.9 Å². The van der Waals surface area contributed by atoms with E-state index in [4.69, 9.17) is 11.6 Å². The zero-order chi connectivity index (χ0) is 22.9. The number of aromatic nitrogens is 1. The van der Waals surface area contributed by atoms with Crippen LogP contribution in [0, 0.1) is 11.7 Å². The fraction of sp³-hybridized carbons (Fsp3) is 0.423. The Bertz CT molecular complexity index is 1150. The fourth-order valence-corrected chi connectivity index (χ4v) is 5.44. The molecular weight excluding hydrogens is 439 g/mol.